The highest BCUT2D eigenvalue weighted by Gasteiger charge is 2.06. The van der Waals surface area contributed by atoms with Gasteiger partial charge in [-0.1, -0.05) is 30.3 Å². The quantitative estimate of drug-likeness (QED) is 0.746. The van der Waals surface area contributed by atoms with Gasteiger partial charge in [-0.2, -0.15) is 10.4 Å². The molecule has 4 heteroatoms. The van der Waals surface area contributed by atoms with E-state index in [1.165, 1.54) is 0 Å². The molecule has 0 bridgehead atoms. The molecule has 0 atom stereocenters. The summed E-state index contributed by atoms with van der Waals surface area (Å²) in [6, 6.07) is 17.8. The number of nitrogens with zero attached hydrogens (tertiary/aromatic N) is 3. The predicted octanol–water partition coefficient (Wildman–Crippen LogP) is 3.19. The molecule has 0 saturated heterocycles. The summed E-state index contributed by atoms with van der Waals surface area (Å²) in [6.45, 7) is 0. The van der Waals surface area contributed by atoms with Crippen LogP contribution in [0.1, 0.15) is 5.56 Å². The molecule has 2 aromatic carbocycles. The van der Waals surface area contributed by atoms with Crippen molar-refractivity contribution in [2.24, 2.45) is 0 Å². The monoisotopic (exact) mass is 274 g/mol. The van der Waals surface area contributed by atoms with Crippen LogP contribution in [-0.2, 0) is 6.42 Å². The van der Waals surface area contributed by atoms with E-state index in [1.54, 1.807) is 4.68 Å². The molecule has 0 saturated carbocycles. The fraction of sp³-hybridized carbons (Fsp3) is 0.0588. The Morgan fingerprint density at radius 3 is 2.67 bits per heavy atom. The van der Waals surface area contributed by atoms with Crippen molar-refractivity contribution in [3.8, 4) is 22.9 Å². The molecule has 0 fully saturated rings. The second kappa shape index (κ2) is 5.51. The summed E-state index contributed by atoms with van der Waals surface area (Å²) in [6.07, 6.45) is 4.10. The maximum absolute atomic E-state index is 8.83. The van der Waals surface area contributed by atoms with E-state index in [-0.39, 0.29) is 0 Å². The summed E-state index contributed by atoms with van der Waals surface area (Å²) < 4.78 is 1.79. The normalized spacial score (nSPS) is 10.2. The van der Waals surface area contributed by atoms with E-state index in [4.69, 9.17) is 11.0 Å². The van der Waals surface area contributed by atoms with Crippen LogP contribution in [0.3, 0.4) is 0 Å². The number of nitriles is 1. The van der Waals surface area contributed by atoms with Gasteiger partial charge in [0.25, 0.3) is 0 Å². The molecule has 3 aromatic rings. The number of hydrogen-bond donors (Lipinski definition) is 1. The number of nitrogen functional groups attached to an aromatic ring is 1. The summed E-state index contributed by atoms with van der Waals surface area (Å²) in [4.78, 5) is 0. The molecular formula is C17H14N4. The molecule has 1 heterocycles. The van der Waals surface area contributed by atoms with Crippen molar-refractivity contribution in [2.45, 2.75) is 6.42 Å². The topological polar surface area (TPSA) is 67.6 Å². The van der Waals surface area contributed by atoms with Gasteiger partial charge in [0.15, 0.2) is 0 Å². The molecule has 0 amide bonds. The molecule has 0 unspecified atom stereocenters. The highest BCUT2D eigenvalue weighted by molar-refractivity contribution is 5.62. The van der Waals surface area contributed by atoms with Crippen LogP contribution < -0.4 is 5.73 Å². The average Bonchev–Trinajstić information content (AvgIpc) is 3.00. The number of rotatable bonds is 3. The first-order chi connectivity index (χ1) is 10.3. The zero-order chi connectivity index (χ0) is 14.7. The van der Waals surface area contributed by atoms with Gasteiger partial charge in [-0.25, -0.2) is 4.68 Å². The molecule has 3 rings (SSSR count). The zero-order valence-corrected chi connectivity index (χ0v) is 11.4. The Hall–Kier alpha value is -3.06. The van der Waals surface area contributed by atoms with Crippen LogP contribution in [0.25, 0.3) is 16.8 Å². The first-order valence-corrected chi connectivity index (χ1v) is 6.64. The summed E-state index contributed by atoms with van der Waals surface area (Å²) in [5.41, 5.74) is 10.4. The van der Waals surface area contributed by atoms with E-state index in [0.29, 0.717) is 12.1 Å². The van der Waals surface area contributed by atoms with E-state index in [1.807, 2.05) is 60.9 Å². The molecule has 21 heavy (non-hydrogen) atoms. The van der Waals surface area contributed by atoms with Crippen molar-refractivity contribution in [3.05, 3.63) is 66.5 Å². The van der Waals surface area contributed by atoms with Crippen LogP contribution in [0, 0.1) is 11.3 Å². The van der Waals surface area contributed by atoms with Gasteiger partial charge in [0.2, 0.25) is 0 Å². The Kier molecular flexibility index (Phi) is 3.40. The summed E-state index contributed by atoms with van der Waals surface area (Å²) in [5, 5.41) is 13.2. The Morgan fingerprint density at radius 2 is 1.90 bits per heavy atom. The number of anilines is 1. The second-order valence-electron chi connectivity index (χ2n) is 4.76. The SMILES string of the molecule is N#CCc1cc(-n2cc(-c3ccccc3)cn2)ccc1N. The first kappa shape index (κ1) is 12.9. The van der Waals surface area contributed by atoms with Crippen LogP contribution in [0.15, 0.2) is 60.9 Å². The van der Waals surface area contributed by atoms with Crippen LogP contribution in [0.2, 0.25) is 0 Å². The lowest BCUT2D eigenvalue weighted by Gasteiger charge is -2.06. The Bertz CT molecular complexity index is 797. The molecular weight excluding hydrogens is 260 g/mol. The van der Waals surface area contributed by atoms with Crippen molar-refractivity contribution in [1.29, 1.82) is 5.26 Å². The minimum Gasteiger partial charge on any atom is -0.398 e. The Balaban J connectivity index is 1.97. The van der Waals surface area contributed by atoms with Gasteiger partial charge in [0.05, 0.1) is 24.4 Å². The smallest absolute Gasteiger partial charge is 0.0670 e. The molecule has 1 aromatic heterocycles. The van der Waals surface area contributed by atoms with Crippen LogP contribution in [0.4, 0.5) is 5.69 Å². The third kappa shape index (κ3) is 2.63. The number of nitrogens with two attached hydrogens (primary N) is 1. The van der Waals surface area contributed by atoms with Crippen molar-refractivity contribution >= 4 is 5.69 Å². The van der Waals surface area contributed by atoms with Crippen molar-refractivity contribution in [2.75, 3.05) is 5.73 Å². The fourth-order valence-electron chi connectivity index (χ4n) is 2.22. The van der Waals surface area contributed by atoms with Gasteiger partial charge < -0.3 is 5.73 Å². The molecule has 2 N–H and O–H groups in total. The molecule has 102 valence electrons. The largest absolute Gasteiger partial charge is 0.398 e. The summed E-state index contributed by atoms with van der Waals surface area (Å²) in [7, 11) is 0. The Labute approximate surface area is 123 Å². The lowest BCUT2D eigenvalue weighted by Crippen LogP contribution is -1.99. The van der Waals surface area contributed by atoms with Crippen molar-refractivity contribution in [3.63, 3.8) is 0 Å². The molecule has 0 radical (unpaired) electrons. The fourth-order valence-corrected chi connectivity index (χ4v) is 2.22. The summed E-state index contributed by atoms with van der Waals surface area (Å²) in [5.74, 6) is 0. The minimum atomic E-state index is 0.298. The van der Waals surface area contributed by atoms with E-state index < -0.39 is 0 Å². The van der Waals surface area contributed by atoms with Crippen LogP contribution in [-0.4, -0.2) is 9.78 Å². The molecule has 0 spiro atoms. The third-order valence-corrected chi connectivity index (χ3v) is 3.35. The lowest BCUT2D eigenvalue weighted by atomic mass is 10.1. The first-order valence-electron chi connectivity index (χ1n) is 6.64. The minimum absolute atomic E-state index is 0.298. The molecule has 0 aliphatic rings. The van der Waals surface area contributed by atoms with Crippen molar-refractivity contribution in [1.82, 2.24) is 9.78 Å². The maximum Gasteiger partial charge on any atom is 0.0670 e. The van der Waals surface area contributed by atoms with Crippen molar-refractivity contribution < 1.29 is 0 Å². The summed E-state index contributed by atoms with van der Waals surface area (Å²) >= 11 is 0. The predicted molar refractivity (Wildman–Crippen MR) is 82.7 cm³/mol. The van der Waals surface area contributed by atoms with Gasteiger partial charge in [0, 0.05) is 17.4 Å². The van der Waals surface area contributed by atoms with Gasteiger partial charge in [-0.15, -0.1) is 0 Å². The lowest BCUT2D eigenvalue weighted by molar-refractivity contribution is 0.879. The highest BCUT2D eigenvalue weighted by atomic mass is 15.3. The van der Waals surface area contributed by atoms with Gasteiger partial charge in [0.1, 0.15) is 0 Å². The second-order valence-corrected chi connectivity index (χ2v) is 4.76. The van der Waals surface area contributed by atoms with Gasteiger partial charge in [-0.05, 0) is 29.3 Å². The highest BCUT2D eigenvalue weighted by Crippen LogP contribution is 2.21. The standard InChI is InChI=1S/C17H14N4/c18-9-8-14-10-16(6-7-17(14)19)21-12-15(11-20-21)13-4-2-1-3-5-13/h1-7,10-12H,8,19H2. The van der Waals surface area contributed by atoms with Gasteiger partial charge in [-0.3, -0.25) is 0 Å². The number of aromatic nitrogens is 2. The zero-order valence-electron chi connectivity index (χ0n) is 11.4. The van der Waals surface area contributed by atoms with Crippen LogP contribution in [0.5, 0.6) is 0 Å². The Morgan fingerprint density at radius 1 is 1.10 bits per heavy atom. The van der Waals surface area contributed by atoms with Crippen LogP contribution >= 0.6 is 0 Å². The van der Waals surface area contributed by atoms with Gasteiger partial charge >= 0.3 is 0 Å². The number of benzene rings is 2. The van der Waals surface area contributed by atoms with E-state index >= 15 is 0 Å². The molecule has 0 aliphatic heterocycles. The van der Waals surface area contributed by atoms with E-state index in [0.717, 1.165) is 22.4 Å². The van der Waals surface area contributed by atoms with E-state index in [2.05, 4.69) is 11.2 Å². The third-order valence-electron chi connectivity index (χ3n) is 3.35. The maximum atomic E-state index is 8.83. The van der Waals surface area contributed by atoms with E-state index in [9.17, 15) is 0 Å². The average molecular weight is 274 g/mol. The molecule has 4 nitrogen and oxygen atoms in total. The number of hydrogen-bond acceptors (Lipinski definition) is 3. The molecule has 0 aliphatic carbocycles.